The molecule has 1 aliphatic rings. The summed E-state index contributed by atoms with van der Waals surface area (Å²) in [6.45, 7) is 3.43. The second-order valence-electron chi connectivity index (χ2n) is 6.37. The lowest BCUT2D eigenvalue weighted by Crippen LogP contribution is -2.27. The molecule has 26 heavy (non-hydrogen) atoms. The van der Waals surface area contributed by atoms with Crippen LogP contribution in [0.25, 0.3) is 0 Å². The molecule has 0 atom stereocenters. The fourth-order valence-electron chi connectivity index (χ4n) is 3.19. The van der Waals surface area contributed by atoms with Crippen molar-refractivity contribution in [3.8, 4) is 0 Å². The van der Waals surface area contributed by atoms with Crippen molar-refractivity contribution in [1.29, 1.82) is 0 Å². The molecular weight excluding hydrogens is 330 g/mol. The van der Waals surface area contributed by atoms with Crippen LogP contribution in [0.4, 0.5) is 5.82 Å². The van der Waals surface area contributed by atoms with Gasteiger partial charge in [-0.15, -0.1) is 0 Å². The Morgan fingerprint density at radius 1 is 1.19 bits per heavy atom. The summed E-state index contributed by atoms with van der Waals surface area (Å²) in [5.41, 5.74) is 0.736. The van der Waals surface area contributed by atoms with Gasteiger partial charge in [-0.2, -0.15) is 0 Å². The Bertz CT molecular complexity index is 905. The van der Waals surface area contributed by atoms with Crippen LogP contribution < -0.4 is 10.9 Å². The summed E-state index contributed by atoms with van der Waals surface area (Å²) in [7, 11) is 0. The average molecular weight is 351 g/mol. The van der Waals surface area contributed by atoms with Crippen LogP contribution in [0.2, 0.25) is 0 Å². The Balaban J connectivity index is 1.52. The van der Waals surface area contributed by atoms with E-state index in [4.69, 9.17) is 9.40 Å². The molecule has 134 valence electrons. The minimum absolute atomic E-state index is 0.00710. The van der Waals surface area contributed by atoms with E-state index in [9.17, 15) is 4.79 Å². The molecular formula is C19H21N5O2. The highest BCUT2D eigenvalue weighted by atomic mass is 16.3. The molecule has 1 aliphatic heterocycles. The van der Waals surface area contributed by atoms with E-state index in [2.05, 4.69) is 15.2 Å². The van der Waals surface area contributed by atoms with Crippen molar-refractivity contribution < 1.29 is 4.42 Å². The highest BCUT2D eigenvalue weighted by Crippen LogP contribution is 2.14. The predicted octanol–water partition coefficient (Wildman–Crippen LogP) is 2.25. The number of aromatic nitrogens is 3. The molecule has 4 heterocycles. The molecule has 0 aliphatic carbocycles. The van der Waals surface area contributed by atoms with Gasteiger partial charge < -0.3 is 9.73 Å². The highest BCUT2D eigenvalue weighted by molar-refractivity contribution is 5.33. The molecule has 0 saturated heterocycles. The van der Waals surface area contributed by atoms with Gasteiger partial charge in [-0.3, -0.25) is 14.3 Å². The first-order chi connectivity index (χ1) is 12.8. The minimum atomic E-state index is 0.00710. The first kappa shape index (κ1) is 16.5. The maximum absolute atomic E-state index is 12.5. The van der Waals surface area contributed by atoms with Crippen molar-refractivity contribution in [3.05, 3.63) is 76.5 Å². The maximum atomic E-state index is 12.5. The normalized spacial score (nSPS) is 14.6. The molecule has 0 saturated carbocycles. The number of anilines is 1. The number of furan rings is 1. The Hall–Kier alpha value is -2.93. The van der Waals surface area contributed by atoms with Gasteiger partial charge in [0.2, 0.25) is 0 Å². The SMILES string of the molecule is O=c1cc(CNc2ccccn2)nc2n1CCCN(Cc1ccco1)C2. The Morgan fingerprint density at radius 3 is 2.96 bits per heavy atom. The molecule has 0 radical (unpaired) electrons. The van der Waals surface area contributed by atoms with Crippen LogP contribution in [0, 0.1) is 0 Å². The number of hydrogen-bond acceptors (Lipinski definition) is 6. The first-order valence-electron chi connectivity index (χ1n) is 8.77. The van der Waals surface area contributed by atoms with Crippen molar-refractivity contribution in [1.82, 2.24) is 19.4 Å². The largest absolute Gasteiger partial charge is 0.468 e. The zero-order valence-electron chi connectivity index (χ0n) is 14.5. The summed E-state index contributed by atoms with van der Waals surface area (Å²) in [6.07, 6.45) is 4.33. The predicted molar refractivity (Wildman–Crippen MR) is 97.5 cm³/mol. The van der Waals surface area contributed by atoms with Gasteiger partial charge in [-0.1, -0.05) is 6.07 Å². The van der Waals surface area contributed by atoms with Crippen molar-refractivity contribution in [2.24, 2.45) is 0 Å². The zero-order valence-corrected chi connectivity index (χ0v) is 14.5. The van der Waals surface area contributed by atoms with Crippen LogP contribution in [-0.4, -0.2) is 26.0 Å². The second-order valence-corrected chi connectivity index (χ2v) is 6.37. The van der Waals surface area contributed by atoms with E-state index in [0.717, 1.165) is 42.6 Å². The third-order valence-corrected chi connectivity index (χ3v) is 4.44. The third kappa shape index (κ3) is 3.83. The summed E-state index contributed by atoms with van der Waals surface area (Å²) in [5.74, 6) is 2.50. The van der Waals surface area contributed by atoms with E-state index >= 15 is 0 Å². The summed E-state index contributed by atoms with van der Waals surface area (Å²) < 4.78 is 7.24. The van der Waals surface area contributed by atoms with Crippen molar-refractivity contribution in [2.45, 2.75) is 32.6 Å². The van der Waals surface area contributed by atoms with Gasteiger partial charge in [-0.25, -0.2) is 9.97 Å². The van der Waals surface area contributed by atoms with Crippen LogP contribution in [0.5, 0.6) is 0 Å². The molecule has 3 aromatic rings. The number of fused-ring (bicyclic) bond motifs is 1. The number of pyridine rings is 1. The molecule has 0 fully saturated rings. The molecule has 0 aromatic carbocycles. The monoisotopic (exact) mass is 351 g/mol. The number of hydrogen-bond donors (Lipinski definition) is 1. The lowest BCUT2D eigenvalue weighted by atomic mass is 10.3. The lowest BCUT2D eigenvalue weighted by Gasteiger charge is -2.18. The Kier molecular flexibility index (Phi) is 4.79. The summed E-state index contributed by atoms with van der Waals surface area (Å²) in [5, 5.41) is 3.21. The molecule has 0 spiro atoms. The smallest absolute Gasteiger partial charge is 0.253 e. The van der Waals surface area contributed by atoms with Crippen LogP contribution in [0.15, 0.2) is 58.1 Å². The van der Waals surface area contributed by atoms with Crippen LogP contribution in [-0.2, 0) is 26.2 Å². The Morgan fingerprint density at radius 2 is 2.15 bits per heavy atom. The van der Waals surface area contributed by atoms with Crippen LogP contribution >= 0.6 is 0 Å². The molecule has 3 aromatic heterocycles. The zero-order chi connectivity index (χ0) is 17.8. The van der Waals surface area contributed by atoms with Gasteiger partial charge in [0.1, 0.15) is 17.4 Å². The van der Waals surface area contributed by atoms with Crippen LogP contribution in [0.1, 0.15) is 23.7 Å². The summed E-state index contributed by atoms with van der Waals surface area (Å²) in [4.78, 5) is 23.7. The highest BCUT2D eigenvalue weighted by Gasteiger charge is 2.18. The number of rotatable bonds is 5. The fourth-order valence-corrected chi connectivity index (χ4v) is 3.19. The van der Waals surface area contributed by atoms with Gasteiger partial charge in [0.05, 0.1) is 31.6 Å². The quantitative estimate of drug-likeness (QED) is 0.760. The maximum Gasteiger partial charge on any atom is 0.253 e. The van der Waals surface area contributed by atoms with Gasteiger partial charge >= 0.3 is 0 Å². The lowest BCUT2D eigenvalue weighted by molar-refractivity contribution is 0.236. The molecule has 7 nitrogen and oxygen atoms in total. The van der Waals surface area contributed by atoms with E-state index in [1.807, 2.05) is 30.3 Å². The van der Waals surface area contributed by atoms with Crippen LogP contribution in [0.3, 0.4) is 0 Å². The van der Waals surface area contributed by atoms with E-state index in [-0.39, 0.29) is 5.56 Å². The molecule has 0 amide bonds. The van der Waals surface area contributed by atoms with Gasteiger partial charge in [0.15, 0.2) is 0 Å². The van der Waals surface area contributed by atoms with Gasteiger partial charge in [0, 0.05) is 25.4 Å². The van der Waals surface area contributed by atoms with Crippen molar-refractivity contribution >= 4 is 5.82 Å². The fraction of sp³-hybridized carbons (Fsp3) is 0.316. The first-order valence-corrected chi connectivity index (χ1v) is 8.77. The van der Waals surface area contributed by atoms with Crippen molar-refractivity contribution in [3.63, 3.8) is 0 Å². The molecule has 0 unspecified atom stereocenters. The second kappa shape index (κ2) is 7.53. The molecule has 1 N–H and O–H groups in total. The van der Waals surface area contributed by atoms with E-state index in [1.54, 1.807) is 23.1 Å². The van der Waals surface area contributed by atoms with E-state index in [1.165, 1.54) is 0 Å². The molecule has 4 rings (SSSR count). The van der Waals surface area contributed by atoms with Gasteiger partial charge in [0.25, 0.3) is 5.56 Å². The topological polar surface area (TPSA) is 76.2 Å². The third-order valence-electron chi connectivity index (χ3n) is 4.44. The molecule has 0 bridgehead atoms. The summed E-state index contributed by atoms with van der Waals surface area (Å²) in [6, 6.07) is 11.2. The molecule has 7 heteroatoms. The van der Waals surface area contributed by atoms with E-state index in [0.29, 0.717) is 19.6 Å². The summed E-state index contributed by atoms with van der Waals surface area (Å²) >= 11 is 0. The van der Waals surface area contributed by atoms with E-state index < -0.39 is 0 Å². The Labute approximate surface area is 151 Å². The standard InChI is InChI=1S/C19H21N5O2/c25-19-11-15(12-21-17-6-1-2-7-20-17)22-18-14-23(8-4-9-24(18)19)13-16-5-3-10-26-16/h1-3,5-7,10-11H,4,8-9,12-14H2,(H,20,21). The minimum Gasteiger partial charge on any atom is -0.468 e. The average Bonchev–Trinajstić information content (AvgIpc) is 3.07. The number of nitrogens with zero attached hydrogens (tertiary/aromatic N) is 4. The van der Waals surface area contributed by atoms with Crippen molar-refractivity contribution in [2.75, 3.05) is 11.9 Å². The number of nitrogens with one attached hydrogen (secondary N) is 1. The van der Waals surface area contributed by atoms with Gasteiger partial charge in [-0.05, 0) is 30.7 Å².